The first kappa shape index (κ1) is 12.5. The maximum atomic E-state index is 11.1. The molecule has 7 heteroatoms. The molecule has 0 aromatic heterocycles. The van der Waals surface area contributed by atoms with Crippen molar-refractivity contribution in [2.24, 2.45) is 0 Å². The number of carbonyl (C=O) groups excluding carboxylic acids is 1. The molecule has 0 unspecified atom stereocenters. The second-order valence-electron chi connectivity index (χ2n) is 2.98. The summed E-state index contributed by atoms with van der Waals surface area (Å²) < 4.78 is 22.2. The topological polar surface area (TPSA) is 87.0 Å². The van der Waals surface area contributed by atoms with Gasteiger partial charge in [0, 0.05) is 23.3 Å². The molecule has 0 saturated heterocycles. The van der Waals surface area contributed by atoms with Gasteiger partial charge in [-0.15, -0.1) is 0 Å². The molecule has 1 rings (SSSR count). The molecule has 84 valence electrons. The van der Waals surface area contributed by atoms with E-state index in [0.29, 0.717) is 0 Å². The lowest BCUT2D eigenvalue weighted by molar-refractivity contribution is -0.114. The van der Waals surface area contributed by atoms with Crippen molar-refractivity contribution >= 4 is 31.3 Å². The molecular weight excluding hydrogens is 252 g/mol. The monoisotopic (exact) mass is 258 g/mol. The minimum absolute atomic E-state index is 0.102. The number of rotatable bonds is 2. The molecule has 0 bridgehead atoms. The Balaban J connectivity index is 3.34. The zero-order valence-electron chi connectivity index (χ0n) is 8.19. The van der Waals surface area contributed by atoms with Crippen LogP contribution in [0.3, 0.4) is 0 Å². The van der Waals surface area contributed by atoms with E-state index in [2.05, 4.69) is 5.32 Å². The number of halogens is 1. The zero-order chi connectivity index (χ0) is 12.3. The summed E-state index contributed by atoms with van der Waals surface area (Å²) >= 11 is 0. The van der Waals surface area contributed by atoms with Gasteiger partial charge in [0.15, 0.2) is 0 Å². The number of nitriles is 1. The Bertz CT molecular complexity index is 575. The van der Waals surface area contributed by atoms with Crippen LogP contribution in [0.5, 0.6) is 0 Å². The summed E-state index contributed by atoms with van der Waals surface area (Å²) in [7, 11) is 1.22. The Morgan fingerprint density at radius 1 is 1.44 bits per heavy atom. The number of nitrogens with one attached hydrogen (secondary N) is 1. The van der Waals surface area contributed by atoms with Crippen molar-refractivity contribution in [1.29, 1.82) is 5.26 Å². The lowest BCUT2D eigenvalue weighted by Crippen LogP contribution is -2.06. The molecule has 0 heterocycles. The van der Waals surface area contributed by atoms with Gasteiger partial charge >= 0.3 is 0 Å². The Morgan fingerprint density at radius 3 is 2.50 bits per heavy atom. The van der Waals surface area contributed by atoms with Crippen LogP contribution in [0.1, 0.15) is 12.5 Å². The number of nitrogens with zero attached hydrogens (tertiary/aromatic N) is 1. The van der Waals surface area contributed by atoms with E-state index in [1.165, 1.54) is 19.1 Å². The summed E-state index contributed by atoms with van der Waals surface area (Å²) in [6, 6.07) is 5.45. The molecule has 1 N–H and O–H groups in total. The van der Waals surface area contributed by atoms with Crippen LogP contribution in [0.4, 0.5) is 5.69 Å². The molecule has 0 radical (unpaired) electrons. The van der Waals surface area contributed by atoms with Gasteiger partial charge in [-0.1, -0.05) is 0 Å². The first-order valence-corrected chi connectivity index (χ1v) is 6.41. The fourth-order valence-corrected chi connectivity index (χ4v) is 1.88. The van der Waals surface area contributed by atoms with Crippen molar-refractivity contribution in [3.63, 3.8) is 0 Å². The van der Waals surface area contributed by atoms with Crippen molar-refractivity contribution in [1.82, 2.24) is 0 Å². The van der Waals surface area contributed by atoms with Crippen LogP contribution in [0.15, 0.2) is 23.1 Å². The normalized spacial score (nSPS) is 10.6. The van der Waals surface area contributed by atoms with Crippen LogP contribution < -0.4 is 5.32 Å². The van der Waals surface area contributed by atoms with Crippen LogP contribution in [0.25, 0.3) is 0 Å². The SMILES string of the molecule is CC(=O)Nc1cc(C#N)cc(S(=O)(=O)Cl)c1. The van der Waals surface area contributed by atoms with E-state index >= 15 is 0 Å². The third kappa shape index (κ3) is 3.22. The molecule has 0 aliphatic carbocycles. The average molecular weight is 259 g/mol. The van der Waals surface area contributed by atoms with Crippen LogP contribution in [-0.4, -0.2) is 14.3 Å². The van der Waals surface area contributed by atoms with E-state index < -0.39 is 9.05 Å². The van der Waals surface area contributed by atoms with Gasteiger partial charge in [0.25, 0.3) is 9.05 Å². The van der Waals surface area contributed by atoms with E-state index in [1.807, 2.05) is 0 Å². The Kier molecular flexibility index (Phi) is 3.52. The molecule has 0 fully saturated rings. The van der Waals surface area contributed by atoms with E-state index in [-0.39, 0.29) is 22.1 Å². The zero-order valence-corrected chi connectivity index (χ0v) is 9.76. The molecule has 0 aliphatic heterocycles. The molecule has 0 saturated carbocycles. The summed E-state index contributed by atoms with van der Waals surface area (Å²) in [5, 5.41) is 11.1. The van der Waals surface area contributed by atoms with E-state index in [9.17, 15) is 13.2 Å². The van der Waals surface area contributed by atoms with Crippen LogP contribution in [0.2, 0.25) is 0 Å². The molecule has 1 aromatic rings. The van der Waals surface area contributed by atoms with Crippen molar-refractivity contribution in [2.45, 2.75) is 11.8 Å². The van der Waals surface area contributed by atoms with Gasteiger partial charge in [0.05, 0.1) is 16.5 Å². The second-order valence-corrected chi connectivity index (χ2v) is 5.54. The summed E-state index contributed by atoms with van der Waals surface area (Å²) in [4.78, 5) is 10.6. The maximum absolute atomic E-state index is 11.1. The van der Waals surface area contributed by atoms with Crippen LogP contribution >= 0.6 is 10.7 Å². The van der Waals surface area contributed by atoms with Gasteiger partial charge in [-0.05, 0) is 18.2 Å². The lowest BCUT2D eigenvalue weighted by Gasteiger charge is -2.04. The maximum Gasteiger partial charge on any atom is 0.261 e. The molecular formula is C9H7ClN2O3S. The minimum atomic E-state index is -3.92. The van der Waals surface area contributed by atoms with Gasteiger partial charge in [-0.2, -0.15) is 5.26 Å². The van der Waals surface area contributed by atoms with Gasteiger partial charge in [-0.25, -0.2) is 8.42 Å². The third-order valence-electron chi connectivity index (χ3n) is 1.64. The van der Waals surface area contributed by atoms with Crippen molar-refractivity contribution < 1.29 is 13.2 Å². The highest BCUT2D eigenvalue weighted by Crippen LogP contribution is 2.21. The number of anilines is 1. The summed E-state index contributed by atoms with van der Waals surface area (Å²) in [5.74, 6) is -0.368. The average Bonchev–Trinajstić information content (AvgIpc) is 2.14. The minimum Gasteiger partial charge on any atom is -0.326 e. The largest absolute Gasteiger partial charge is 0.326 e. The molecule has 1 aromatic carbocycles. The highest BCUT2D eigenvalue weighted by Gasteiger charge is 2.12. The Morgan fingerprint density at radius 2 is 2.06 bits per heavy atom. The number of carbonyl (C=O) groups is 1. The predicted molar refractivity (Wildman–Crippen MR) is 58.5 cm³/mol. The molecule has 0 atom stereocenters. The molecule has 5 nitrogen and oxygen atoms in total. The number of benzene rings is 1. The lowest BCUT2D eigenvalue weighted by atomic mass is 10.2. The Labute approximate surface area is 97.1 Å². The number of hydrogen-bond acceptors (Lipinski definition) is 4. The second kappa shape index (κ2) is 4.51. The first-order chi connectivity index (χ1) is 7.32. The molecule has 16 heavy (non-hydrogen) atoms. The van der Waals surface area contributed by atoms with Gasteiger partial charge < -0.3 is 5.32 Å². The molecule has 0 spiro atoms. The Hall–Kier alpha value is -1.58. The number of hydrogen-bond donors (Lipinski definition) is 1. The highest BCUT2D eigenvalue weighted by molar-refractivity contribution is 8.13. The summed E-state index contributed by atoms with van der Waals surface area (Å²) in [5.41, 5.74) is 0.316. The fraction of sp³-hybridized carbons (Fsp3) is 0.111. The summed E-state index contributed by atoms with van der Waals surface area (Å²) in [6.45, 7) is 1.27. The molecule has 1 amide bonds. The standard InChI is InChI=1S/C9H7ClN2O3S/c1-6(13)12-8-2-7(5-11)3-9(4-8)16(10,14)15/h2-4H,1H3,(H,12,13). The first-order valence-electron chi connectivity index (χ1n) is 4.10. The fourth-order valence-electron chi connectivity index (χ4n) is 1.08. The third-order valence-corrected chi connectivity index (χ3v) is 2.97. The van der Waals surface area contributed by atoms with Crippen molar-refractivity contribution in [3.8, 4) is 6.07 Å². The predicted octanol–water partition coefficient (Wildman–Crippen LogP) is 1.44. The summed E-state index contributed by atoms with van der Waals surface area (Å²) in [6.07, 6.45) is 0. The molecule has 0 aliphatic rings. The van der Waals surface area contributed by atoms with Crippen molar-refractivity contribution in [2.75, 3.05) is 5.32 Å². The van der Waals surface area contributed by atoms with Crippen LogP contribution in [-0.2, 0) is 13.8 Å². The smallest absolute Gasteiger partial charge is 0.261 e. The van der Waals surface area contributed by atoms with E-state index in [1.54, 1.807) is 6.07 Å². The quantitative estimate of drug-likeness (QED) is 0.813. The van der Waals surface area contributed by atoms with E-state index in [0.717, 1.165) is 6.07 Å². The van der Waals surface area contributed by atoms with Gasteiger partial charge in [-0.3, -0.25) is 4.79 Å². The number of amides is 1. The van der Waals surface area contributed by atoms with Crippen LogP contribution in [0, 0.1) is 11.3 Å². The van der Waals surface area contributed by atoms with Gasteiger partial charge in [0.2, 0.25) is 5.91 Å². The van der Waals surface area contributed by atoms with Gasteiger partial charge in [0.1, 0.15) is 0 Å². The van der Waals surface area contributed by atoms with Crippen molar-refractivity contribution in [3.05, 3.63) is 23.8 Å². The van der Waals surface area contributed by atoms with E-state index in [4.69, 9.17) is 15.9 Å². The highest BCUT2D eigenvalue weighted by atomic mass is 35.7.